The molecule has 0 amide bonds. The van der Waals surface area contributed by atoms with Gasteiger partial charge in [-0.1, -0.05) is 73.7 Å². The van der Waals surface area contributed by atoms with Gasteiger partial charge in [0.15, 0.2) is 0 Å². The van der Waals surface area contributed by atoms with Crippen LogP contribution in [0.3, 0.4) is 0 Å². The van der Waals surface area contributed by atoms with Gasteiger partial charge < -0.3 is 14.0 Å². The second kappa shape index (κ2) is 9.39. The molecule has 4 aromatic carbocycles. The standard InChI is InChI=1S/C38H30N4/c1-25-10-9-15-34-32-14-6-8-17-36(32)42(38(25)34)29-21-27(30-12-4-3-11-26(30)23-39)20-28(22-29)41-35-16-7-5-13-31(35)33-18-19-40(2)24-37(33)41/h3-9,11-22,25H,10,24H2,1-2H3. The summed E-state index contributed by atoms with van der Waals surface area (Å²) in [6, 6.07) is 34.6. The van der Waals surface area contributed by atoms with Crippen LogP contribution < -0.4 is 0 Å². The van der Waals surface area contributed by atoms with Gasteiger partial charge in [-0.3, -0.25) is 0 Å². The monoisotopic (exact) mass is 542 g/mol. The van der Waals surface area contributed by atoms with Gasteiger partial charge in [0.25, 0.3) is 0 Å². The van der Waals surface area contributed by atoms with Crippen LogP contribution >= 0.6 is 0 Å². The molecule has 6 aromatic rings. The molecular formula is C38H30N4. The molecular weight excluding hydrogens is 512 g/mol. The van der Waals surface area contributed by atoms with Crippen LogP contribution in [0.4, 0.5) is 0 Å². The molecule has 0 N–H and O–H groups in total. The summed E-state index contributed by atoms with van der Waals surface area (Å²) >= 11 is 0. The highest BCUT2D eigenvalue weighted by Crippen LogP contribution is 2.41. The molecule has 0 fully saturated rings. The molecule has 3 heterocycles. The maximum atomic E-state index is 10.1. The fraction of sp³-hybridized carbons (Fsp3) is 0.132. The Bertz CT molecular complexity index is 2150. The summed E-state index contributed by atoms with van der Waals surface area (Å²) in [5.74, 6) is 0.384. The maximum Gasteiger partial charge on any atom is 0.0998 e. The molecule has 1 aliphatic heterocycles. The molecule has 8 rings (SSSR count). The van der Waals surface area contributed by atoms with Crippen molar-refractivity contribution in [2.24, 2.45) is 0 Å². The van der Waals surface area contributed by atoms with Crippen LogP contribution in [0, 0.1) is 11.3 Å². The lowest BCUT2D eigenvalue weighted by Crippen LogP contribution is -2.17. The average Bonchev–Trinajstić information content (AvgIpc) is 3.54. The van der Waals surface area contributed by atoms with E-state index in [1.165, 1.54) is 44.3 Å². The minimum Gasteiger partial charge on any atom is -0.375 e. The minimum absolute atomic E-state index is 0.384. The third kappa shape index (κ3) is 3.60. The fourth-order valence-corrected chi connectivity index (χ4v) is 7.01. The van der Waals surface area contributed by atoms with Crippen LogP contribution in [0.25, 0.3) is 56.5 Å². The quantitative estimate of drug-likeness (QED) is 0.224. The summed E-state index contributed by atoms with van der Waals surface area (Å²) in [6.45, 7) is 3.14. The molecule has 2 aliphatic rings. The number of hydrogen-bond acceptors (Lipinski definition) is 2. The third-order valence-corrected chi connectivity index (χ3v) is 8.88. The largest absolute Gasteiger partial charge is 0.375 e. The Morgan fingerprint density at radius 1 is 0.762 bits per heavy atom. The summed E-state index contributed by atoms with van der Waals surface area (Å²) in [5.41, 5.74) is 12.5. The number of nitrogens with zero attached hydrogens (tertiary/aromatic N) is 4. The van der Waals surface area contributed by atoms with E-state index >= 15 is 0 Å². The van der Waals surface area contributed by atoms with Gasteiger partial charge in [0.2, 0.25) is 0 Å². The number of allylic oxidation sites excluding steroid dienone is 1. The molecule has 1 atom stereocenters. The van der Waals surface area contributed by atoms with Gasteiger partial charge in [0.1, 0.15) is 0 Å². The lowest BCUT2D eigenvalue weighted by molar-refractivity contribution is 0.438. The molecule has 0 bridgehead atoms. The van der Waals surface area contributed by atoms with Gasteiger partial charge in [0.05, 0.1) is 34.9 Å². The van der Waals surface area contributed by atoms with E-state index in [0.29, 0.717) is 11.5 Å². The molecule has 0 radical (unpaired) electrons. The van der Waals surface area contributed by atoms with Crippen molar-refractivity contribution >= 4 is 34.0 Å². The summed E-state index contributed by atoms with van der Waals surface area (Å²) in [7, 11) is 2.12. The smallest absolute Gasteiger partial charge is 0.0998 e. The highest BCUT2D eigenvalue weighted by molar-refractivity contribution is 5.95. The van der Waals surface area contributed by atoms with Gasteiger partial charge in [-0.25, -0.2) is 0 Å². The van der Waals surface area contributed by atoms with Crippen LogP contribution in [0.5, 0.6) is 0 Å². The van der Waals surface area contributed by atoms with E-state index in [2.05, 4.69) is 131 Å². The lowest BCUT2D eigenvalue weighted by atomic mass is 9.93. The van der Waals surface area contributed by atoms with Crippen molar-refractivity contribution in [2.75, 3.05) is 7.05 Å². The topological polar surface area (TPSA) is 36.9 Å². The van der Waals surface area contributed by atoms with E-state index in [-0.39, 0.29) is 0 Å². The summed E-state index contributed by atoms with van der Waals surface area (Å²) < 4.78 is 4.89. The normalized spacial score (nSPS) is 15.6. The first kappa shape index (κ1) is 24.5. The van der Waals surface area contributed by atoms with Crippen LogP contribution in [0.15, 0.2) is 103 Å². The molecule has 0 saturated carbocycles. The van der Waals surface area contributed by atoms with E-state index in [1.807, 2.05) is 18.2 Å². The fourth-order valence-electron chi connectivity index (χ4n) is 7.01. The number of para-hydroxylation sites is 2. The Hall–Kier alpha value is -5.27. The molecule has 1 unspecified atom stereocenters. The number of fused-ring (bicyclic) bond motifs is 6. The van der Waals surface area contributed by atoms with E-state index in [9.17, 15) is 5.26 Å². The van der Waals surface area contributed by atoms with Crippen LogP contribution in [-0.4, -0.2) is 21.1 Å². The first-order valence-electron chi connectivity index (χ1n) is 14.6. The van der Waals surface area contributed by atoms with Crippen molar-refractivity contribution in [3.8, 4) is 28.6 Å². The van der Waals surface area contributed by atoms with Crippen molar-refractivity contribution in [3.05, 3.63) is 131 Å². The molecule has 0 spiro atoms. The molecule has 0 saturated heterocycles. The van der Waals surface area contributed by atoms with E-state index < -0.39 is 0 Å². The number of rotatable bonds is 3. The Labute approximate surface area is 245 Å². The summed E-state index contributed by atoms with van der Waals surface area (Å²) in [4.78, 5) is 2.23. The highest BCUT2D eigenvalue weighted by atomic mass is 15.1. The highest BCUT2D eigenvalue weighted by Gasteiger charge is 2.25. The zero-order valence-corrected chi connectivity index (χ0v) is 23.8. The molecule has 2 aromatic heterocycles. The van der Waals surface area contributed by atoms with Crippen molar-refractivity contribution in [2.45, 2.75) is 25.8 Å². The zero-order chi connectivity index (χ0) is 28.4. The number of nitriles is 1. The molecule has 1 aliphatic carbocycles. The summed E-state index contributed by atoms with van der Waals surface area (Å²) in [6.07, 6.45) is 10.0. The van der Waals surface area contributed by atoms with Crippen molar-refractivity contribution in [1.29, 1.82) is 5.26 Å². The van der Waals surface area contributed by atoms with Gasteiger partial charge in [-0.2, -0.15) is 5.26 Å². The maximum absolute atomic E-state index is 10.1. The second-order valence-corrected chi connectivity index (χ2v) is 11.5. The predicted molar refractivity (Wildman–Crippen MR) is 173 cm³/mol. The SMILES string of the molecule is CC1CC=Cc2c1n(-c1cc(-c3ccccc3C#N)cc(-n3c4c(c5ccccc53)C=CN(C)C4)c1)c1ccccc21. The van der Waals surface area contributed by atoms with Crippen LogP contribution in [0.1, 0.15) is 47.3 Å². The first-order chi connectivity index (χ1) is 20.6. The Morgan fingerprint density at radius 2 is 1.43 bits per heavy atom. The molecule has 42 heavy (non-hydrogen) atoms. The van der Waals surface area contributed by atoms with Gasteiger partial charge >= 0.3 is 0 Å². The first-order valence-corrected chi connectivity index (χ1v) is 14.6. The molecule has 202 valence electrons. The predicted octanol–water partition coefficient (Wildman–Crippen LogP) is 9.05. The minimum atomic E-state index is 0.384. The second-order valence-electron chi connectivity index (χ2n) is 11.5. The number of aromatic nitrogens is 2. The van der Waals surface area contributed by atoms with E-state index in [1.54, 1.807) is 0 Å². The van der Waals surface area contributed by atoms with E-state index in [4.69, 9.17) is 0 Å². The molecule has 4 nitrogen and oxygen atoms in total. The zero-order valence-electron chi connectivity index (χ0n) is 23.8. The van der Waals surface area contributed by atoms with Crippen LogP contribution in [-0.2, 0) is 6.54 Å². The van der Waals surface area contributed by atoms with E-state index in [0.717, 1.165) is 35.5 Å². The summed E-state index contributed by atoms with van der Waals surface area (Å²) in [5, 5.41) is 12.6. The van der Waals surface area contributed by atoms with Gasteiger partial charge in [0, 0.05) is 51.9 Å². The Morgan fingerprint density at radius 3 is 2.21 bits per heavy atom. The van der Waals surface area contributed by atoms with Crippen molar-refractivity contribution in [3.63, 3.8) is 0 Å². The average molecular weight is 543 g/mol. The number of hydrogen-bond donors (Lipinski definition) is 0. The van der Waals surface area contributed by atoms with Crippen molar-refractivity contribution in [1.82, 2.24) is 14.0 Å². The van der Waals surface area contributed by atoms with Gasteiger partial charge in [-0.15, -0.1) is 0 Å². The Kier molecular flexibility index (Phi) is 5.48. The van der Waals surface area contributed by atoms with Gasteiger partial charge in [-0.05, 0) is 66.2 Å². The molecule has 4 heteroatoms. The number of benzene rings is 4. The lowest BCUT2D eigenvalue weighted by Gasteiger charge is -2.23. The van der Waals surface area contributed by atoms with Crippen molar-refractivity contribution < 1.29 is 0 Å². The third-order valence-electron chi connectivity index (χ3n) is 8.88. The van der Waals surface area contributed by atoms with Crippen LogP contribution in [0.2, 0.25) is 0 Å². The Balaban J connectivity index is 1.49.